The second-order valence-electron chi connectivity index (χ2n) is 19.5. The van der Waals surface area contributed by atoms with Crippen molar-refractivity contribution in [1.29, 1.82) is 0 Å². The van der Waals surface area contributed by atoms with Crippen LogP contribution in [0.5, 0.6) is 23.0 Å². The number of ether oxygens (including phenoxy) is 4. The van der Waals surface area contributed by atoms with E-state index in [-0.39, 0.29) is 50.5 Å². The first kappa shape index (κ1) is 53.8. The lowest BCUT2D eigenvalue weighted by molar-refractivity contribution is -0.160. The number of benzene rings is 2. The molecule has 1 fully saturated rings. The SMILES string of the molecule is CO[C@H]1/C=C/O[C@@]2(C)Oc3c(C)c(O)c4c(O)c(c(/C=N/NC5CCCCCCCCCCCCCC5)c(O)c4c3C2=O)NC(=O)/C(C)=C/C=C/[C@H](C)[C@H](O)[C@@H](C)[C@@H](O)[C@@H](C)[C@H](OC(C)=O)[C@@H]1C. The molecule has 5 bridgehead atoms. The quantitative estimate of drug-likeness (QED) is 0.0488. The molecule has 0 aromatic heterocycles. The predicted molar refractivity (Wildman–Crippen MR) is 263 cm³/mol. The Hall–Kier alpha value is -5.12. The highest BCUT2D eigenvalue weighted by atomic mass is 16.7. The second kappa shape index (κ2) is 24.4. The molecule has 68 heavy (non-hydrogen) atoms. The van der Waals surface area contributed by atoms with E-state index in [0.29, 0.717) is 0 Å². The predicted octanol–water partition coefficient (Wildman–Crippen LogP) is 9.52. The van der Waals surface area contributed by atoms with E-state index in [9.17, 15) is 39.9 Å². The number of methoxy groups -OCH3 is 1. The maximum Gasteiger partial charge on any atom is 0.312 e. The summed E-state index contributed by atoms with van der Waals surface area (Å²) >= 11 is 0. The Bertz CT molecular complexity index is 2200. The zero-order valence-corrected chi connectivity index (χ0v) is 41.6. The standard InChI is InChI=1S/C53H77N3O12/c1-30-23-22-24-31(2)52(64)55-43-38(29-54-56-37-25-20-18-16-14-12-10-11-13-15-17-19-21-26-37)47(61)40-41(48(43)62)46(60)35(6)50-42(40)51(63)53(8,68-50)66-28-27-39(65-9)32(3)49(67-36(7)57)34(5)45(59)33(4)44(30)58/h22-24,27-30,32-34,37,39,44-45,49,56,58-62H,10-21,25-26H2,1-9H3,(H,55,64)/b23-22+,28-27+,31-24+,54-29+/t30-,32+,33+,34+,39-,44-,45+,49+,53-/m0/s1. The normalized spacial score (nSPS) is 30.9. The van der Waals surface area contributed by atoms with Crippen molar-refractivity contribution in [2.24, 2.45) is 28.8 Å². The van der Waals surface area contributed by atoms with Gasteiger partial charge in [-0.05, 0) is 32.8 Å². The largest absolute Gasteiger partial charge is 0.507 e. The molecule has 3 heterocycles. The van der Waals surface area contributed by atoms with Crippen molar-refractivity contribution < 1.29 is 58.9 Å². The fourth-order valence-electron chi connectivity index (χ4n) is 9.90. The van der Waals surface area contributed by atoms with Gasteiger partial charge in [-0.2, -0.15) is 5.10 Å². The summed E-state index contributed by atoms with van der Waals surface area (Å²) in [6.07, 6.45) is 21.0. The molecular formula is C53H77N3O12. The van der Waals surface area contributed by atoms with Crippen molar-refractivity contribution >= 4 is 40.3 Å². The minimum absolute atomic E-state index is 0.0252. The van der Waals surface area contributed by atoms with Gasteiger partial charge in [-0.1, -0.05) is 123 Å². The van der Waals surface area contributed by atoms with Crippen LogP contribution in [0, 0.1) is 30.6 Å². The maximum absolute atomic E-state index is 14.6. The van der Waals surface area contributed by atoms with Crippen LogP contribution in [0.15, 0.2) is 41.2 Å². The van der Waals surface area contributed by atoms with Crippen LogP contribution in [0.25, 0.3) is 10.8 Å². The van der Waals surface area contributed by atoms with Gasteiger partial charge < -0.3 is 55.2 Å². The number of aliphatic hydroxyl groups is 2. The van der Waals surface area contributed by atoms with Crippen LogP contribution < -0.4 is 15.5 Å². The number of Topliss-reactive ketones (excluding diaryl/α,β-unsaturated/α-hetero) is 1. The third kappa shape index (κ3) is 12.6. The number of hydrazone groups is 1. The molecule has 4 aliphatic rings. The molecule has 0 spiro atoms. The Labute approximate surface area is 402 Å². The molecule has 1 aliphatic carbocycles. The number of aromatic hydroxyl groups is 3. The van der Waals surface area contributed by atoms with Gasteiger partial charge in [-0.15, -0.1) is 0 Å². The lowest BCUT2D eigenvalue weighted by Gasteiger charge is -2.38. The van der Waals surface area contributed by atoms with E-state index in [1.165, 1.54) is 104 Å². The molecular weight excluding hydrogens is 871 g/mol. The van der Waals surface area contributed by atoms with E-state index in [2.05, 4.69) is 15.8 Å². The van der Waals surface area contributed by atoms with E-state index in [1.807, 2.05) is 0 Å². The van der Waals surface area contributed by atoms with Crippen molar-refractivity contribution in [1.82, 2.24) is 5.43 Å². The molecule has 3 aliphatic heterocycles. The summed E-state index contributed by atoms with van der Waals surface area (Å²) in [5.74, 6) is -8.30. The summed E-state index contributed by atoms with van der Waals surface area (Å²) in [6, 6.07) is 0.0252. The lowest BCUT2D eigenvalue weighted by Crippen LogP contribution is -2.46. The molecule has 15 nitrogen and oxygen atoms in total. The van der Waals surface area contributed by atoms with Crippen LogP contribution in [0.2, 0.25) is 0 Å². The van der Waals surface area contributed by atoms with E-state index >= 15 is 0 Å². The first-order valence-corrected chi connectivity index (χ1v) is 24.7. The number of rotatable bonds is 5. The number of amides is 1. The minimum Gasteiger partial charge on any atom is -0.507 e. The third-order valence-corrected chi connectivity index (χ3v) is 14.3. The van der Waals surface area contributed by atoms with Gasteiger partial charge in [0.2, 0.25) is 0 Å². The van der Waals surface area contributed by atoms with Crippen molar-refractivity contribution in [3.8, 4) is 23.0 Å². The number of allylic oxidation sites excluding steroid dienone is 2. The maximum atomic E-state index is 14.6. The molecule has 2 aromatic carbocycles. The zero-order valence-electron chi connectivity index (χ0n) is 41.6. The van der Waals surface area contributed by atoms with Crippen molar-refractivity contribution in [2.45, 2.75) is 182 Å². The van der Waals surface area contributed by atoms with Crippen LogP contribution in [0.3, 0.4) is 0 Å². The van der Waals surface area contributed by atoms with Crippen LogP contribution in [-0.4, -0.2) is 92.8 Å². The molecule has 6 rings (SSSR count). The minimum atomic E-state index is -2.05. The number of anilines is 1. The zero-order chi connectivity index (χ0) is 49.9. The molecule has 376 valence electrons. The van der Waals surface area contributed by atoms with Crippen LogP contribution in [0.1, 0.15) is 160 Å². The summed E-state index contributed by atoms with van der Waals surface area (Å²) in [4.78, 5) is 41.0. The van der Waals surface area contributed by atoms with Gasteiger partial charge in [0.25, 0.3) is 11.7 Å². The highest BCUT2D eigenvalue weighted by molar-refractivity contribution is 6.23. The summed E-state index contributed by atoms with van der Waals surface area (Å²) in [5.41, 5.74) is 2.98. The molecule has 7 N–H and O–H groups in total. The molecule has 0 saturated heterocycles. The number of ketones is 1. The second-order valence-corrected chi connectivity index (χ2v) is 19.5. The molecule has 2 aromatic rings. The van der Waals surface area contributed by atoms with Gasteiger partial charge in [0.05, 0.1) is 53.0 Å². The van der Waals surface area contributed by atoms with Crippen LogP contribution >= 0.6 is 0 Å². The number of hydrogen-bond donors (Lipinski definition) is 7. The molecule has 1 amide bonds. The smallest absolute Gasteiger partial charge is 0.312 e. The van der Waals surface area contributed by atoms with E-state index in [4.69, 9.17) is 18.9 Å². The summed E-state index contributed by atoms with van der Waals surface area (Å²) in [7, 11) is 1.45. The Morgan fingerprint density at radius 2 is 1.41 bits per heavy atom. The average Bonchev–Trinajstić information content (AvgIpc) is 3.56. The van der Waals surface area contributed by atoms with Crippen molar-refractivity contribution in [2.75, 3.05) is 12.4 Å². The average molecular weight is 948 g/mol. The highest BCUT2D eigenvalue weighted by Gasteiger charge is 2.50. The fraction of sp³-hybridized carbons (Fsp3) is 0.623. The van der Waals surface area contributed by atoms with Gasteiger partial charge >= 0.3 is 11.8 Å². The Morgan fingerprint density at radius 3 is 1.99 bits per heavy atom. The number of carbonyl (C=O) groups excluding carboxylic acids is 3. The van der Waals surface area contributed by atoms with E-state index in [1.54, 1.807) is 46.8 Å². The van der Waals surface area contributed by atoms with Gasteiger partial charge in [-0.25, -0.2) is 0 Å². The van der Waals surface area contributed by atoms with Gasteiger partial charge in [-0.3, -0.25) is 14.4 Å². The number of hydrogen-bond acceptors (Lipinski definition) is 14. The molecule has 0 radical (unpaired) electrons. The first-order chi connectivity index (χ1) is 32.3. The number of esters is 1. The Morgan fingerprint density at radius 1 is 0.824 bits per heavy atom. The highest BCUT2D eigenvalue weighted by Crippen LogP contribution is 2.55. The molecule has 0 unspecified atom stereocenters. The number of phenols is 3. The molecule has 9 atom stereocenters. The van der Waals surface area contributed by atoms with Gasteiger partial charge in [0.15, 0.2) is 5.75 Å². The van der Waals surface area contributed by atoms with Crippen molar-refractivity contribution in [3.05, 3.63) is 52.8 Å². The summed E-state index contributed by atoms with van der Waals surface area (Å²) < 4.78 is 23.8. The fourth-order valence-corrected chi connectivity index (χ4v) is 9.90. The number of fused-ring (bicyclic) bond motifs is 14. The van der Waals surface area contributed by atoms with Gasteiger partial charge in [0.1, 0.15) is 23.4 Å². The Balaban J connectivity index is 1.63. The van der Waals surface area contributed by atoms with E-state index < -0.39 is 88.8 Å². The van der Waals surface area contributed by atoms with Crippen molar-refractivity contribution in [3.63, 3.8) is 0 Å². The third-order valence-electron chi connectivity index (χ3n) is 14.3. The number of nitrogens with zero attached hydrogens (tertiary/aromatic N) is 1. The monoisotopic (exact) mass is 948 g/mol. The van der Waals surface area contributed by atoms with Crippen LogP contribution in [-0.2, 0) is 23.8 Å². The Kier molecular flexibility index (Phi) is 19.3. The lowest BCUT2D eigenvalue weighted by atomic mass is 9.78. The number of aliphatic hydroxyl groups excluding tert-OH is 2. The number of nitrogens with one attached hydrogen (secondary N) is 2. The topological polar surface area (TPSA) is 226 Å². The van der Waals surface area contributed by atoms with Crippen LogP contribution in [0.4, 0.5) is 5.69 Å². The number of phenolic OH excluding ortho intramolecular Hbond substituents is 3. The van der Waals surface area contributed by atoms with E-state index in [0.717, 1.165) is 38.5 Å². The number of carbonyl (C=O) groups is 3. The molecule has 15 heteroatoms. The first-order valence-electron chi connectivity index (χ1n) is 24.7. The van der Waals surface area contributed by atoms with Gasteiger partial charge in [0, 0.05) is 67.2 Å². The molecule has 1 saturated carbocycles. The summed E-state index contributed by atoms with van der Waals surface area (Å²) in [6.45, 7) is 12.6. The summed E-state index contributed by atoms with van der Waals surface area (Å²) in [5, 5.41) is 66.0.